The molecule has 6 heteroatoms. The SMILES string of the molecule is CCCCc1noc([C@H](C)N2CCC(CNC(C)=O)CC2)n1. The van der Waals surface area contributed by atoms with Crippen LogP contribution in [0.5, 0.6) is 0 Å². The second kappa shape index (κ2) is 8.27. The van der Waals surface area contributed by atoms with E-state index in [1.54, 1.807) is 6.92 Å². The second-order valence-corrected chi connectivity index (χ2v) is 6.24. The van der Waals surface area contributed by atoms with Gasteiger partial charge in [-0.05, 0) is 45.2 Å². The van der Waals surface area contributed by atoms with Crippen LogP contribution < -0.4 is 5.32 Å². The van der Waals surface area contributed by atoms with E-state index in [4.69, 9.17) is 4.52 Å². The van der Waals surface area contributed by atoms with E-state index in [1.165, 1.54) is 0 Å². The molecule has 2 heterocycles. The molecule has 1 aliphatic heterocycles. The molecule has 1 aliphatic rings. The molecular weight excluding hydrogens is 280 g/mol. The number of piperidine rings is 1. The predicted molar refractivity (Wildman–Crippen MR) is 84.3 cm³/mol. The van der Waals surface area contributed by atoms with Gasteiger partial charge in [0.05, 0.1) is 6.04 Å². The highest BCUT2D eigenvalue weighted by atomic mass is 16.5. The van der Waals surface area contributed by atoms with Crippen LogP contribution in [-0.4, -0.2) is 40.6 Å². The minimum atomic E-state index is 0.0567. The molecule has 1 fully saturated rings. The lowest BCUT2D eigenvalue weighted by Crippen LogP contribution is -2.39. The summed E-state index contributed by atoms with van der Waals surface area (Å²) in [5.41, 5.74) is 0. The van der Waals surface area contributed by atoms with Gasteiger partial charge in [0.1, 0.15) is 0 Å². The quantitative estimate of drug-likeness (QED) is 0.837. The Morgan fingerprint density at radius 3 is 2.82 bits per heavy atom. The smallest absolute Gasteiger partial charge is 0.243 e. The fraction of sp³-hybridized carbons (Fsp3) is 0.812. The first-order valence-corrected chi connectivity index (χ1v) is 8.41. The number of nitrogens with one attached hydrogen (secondary N) is 1. The lowest BCUT2D eigenvalue weighted by molar-refractivity contribution is -0.119. The van der Waals surface area contributed by atoms with Crippen LogP contribution in [0.2, 0.25) is 0 Å². The summed E-state index contributed by atoms with van der Waals surface area (Å²) < 4.78 is 5.42. The lowest BCUT2D eigenvalue weighted by atomic mass is 9.96. The van der Waals surface area contributed by atoms with Crippen LogP contribution in [-0.2, 0) is 11.2 Å². The third kappa shape index (κ3) is 4.80. The molecule has 0 spiro atoms. The topological polar surface area (TPSA) is 71.3 Å². The van der Waals surface area contributed by atoms with Gasteiger partial charge in [-0.25, -0.2) is 0 Å². The summed E-state index contributed by atoms with van der Waals surface area (Å²) in [6.45, 7) is 8.68. The summed E-state index contributed by atoms with van der Waals surface area (Å²) in [5.74, 6) is 2.19. The van der Waals surface area contributed by atoms with Gasteiger partial charge in [0.15, 0.2) is 5.82 Å². The first-order valence-electron chi connectivity index (χ1n) is 8.41. The first-order chi connectivity index (χ1) is 10.6. The molecule has 0 unspecified atom stereocenters. The summed E-state index contributed by atoms with van der Waals surface area (Å²) in [6, 6.07) is 0.171. The Labute approximate surface area is 132 Å². The number of likely N-dealkylation sites (tertiary alicyclic amines) is 1. The molecule has 1 N–H and O–H groups in total. The maximum atomic E-state index is 11.0. The van der Waals surface area contributed by atoms with Crippen LogP contribution in [0.3, 0.4) is 0 Å². The van der Waals surface area contributed by atoms with E-state index >= 15 is 0 Å². The number of hydrogen-bond donors (Lipinski definition) is 1. The minimum Gasteiger partial charge on any atom is -0.356 e. The summed E-state index contributed by atoms with van der Waals surface area (Å²) in [7, 11) is 0. The van der Waals surface area contributed by atoms with E-state index in [0.29, 0.717) is 5.92 Å². The van der Waals surface area contributed by atoms with Crippen LogP contribution in [0.15, 0.2) is 4.52 Å². The number of unbranched alkanes of at least 4 members (excludes halogenated alkanes) is 1. The van der Waals surface area contributed by atoms with Crippen LogP contribution in [0, 0.1) is 5.92 Å². The molecule has 0 saturated carbocycles. The number of nitrogens with zero attached hydrogens (tertiary/aromatic N) is 3. The van der Waals surface area contributed by atoms with Gasteiger partial charge in [0.2, 0.25) is 11.8 Å². The Hall–Kier alpha value is -1.43. The fourth-order valence-corrected chi connectivity index (χ4v) is 2.86. The zero-order valence-corrected chi connectivity index (χ0v) is 14.0. The molecule has 22 heavy (non-hydrogen) atoms. The Kier molecular flexibility index (Phi) is 6.36. The number of carbonyl (C=O) groups is 1. The summed E-state index contributed by atoms with van der Waals surface area (Å²) >= 11 is 0. The van der Waals surface area contributed by atoms with Crippen molar-refractivity contribution < 1.29 is 9.32 Å². The molecule has 0 bridgehead atoms. The molecule has 0 aromatic carbocycles. The number of rotatable bonds is 7. The Morgan fingerprint density at radius 2 is 2.18 bits per heavy atom. The third-order valence-electron chi connectivity index (χ3n) is 4.43. The van der Waals surface area contributed by atoms with Crippen molar-refractivity contribution in [1.82, 2.24) is 20.4 Å². The van der Waals surface area contributed by atoms with Crippen molar-refractivity contribution in [3.8, 4) is 0 Å². The standard InChI is InChI=1S/C16H28N4O2/c1-4-5-6-15-18-16(22-19-15)12(2)20-9-7-14(8-10-20)11-17-13(3)21/h12,14H,4-11H2,1-3H3,(H,17,21)/t12-/m0/s1. The first kappa shape index (κ1) is 16.9. The van der Waals surface area contributed by atoms with Crippen molar-refractivity contribution in [2.24, 2.45) is 5.92 Å². The maximum Gasteiger partial charge on any atom is 0.243 e. The molecule has 1 saturated heterocycles. The number of aromatic nitrogens is 2. The van der Waals surface area contributed by atoms with Gasteiger partial charge in [0, 0.05) is 19.9 Å². The number of aryl methyl sites for hydroxylation is 1. The molecular formula is C16H28N4O2. The van der Waals surface area contributed by atoms with Gasteiger partial charge in [-0.1, -0.05) is 18.5 Å². The molecule has 1 aromatic heterocycles. The van der Waals surface area contributed by atoms with Crippen LogP contribution in [0.25, 0.3) is 0 Å². The molecule has 2 rings (SSSR count). The van der Waals surface area contributed by atoms with E-state index in [0.717, 1.165) is 63.5 Å². The van der Waals surface area contributed by atoms with E-state index < -0.39 is 0 Å². The van der Waals surface area contributed by atoms with Crippen LogP contribution in [0.1, 0.15) is 64.2 Å². The van der Waals surface area contributed by atoms with E-state index in [1.807, 2.05) is 0 Å². The monoisotopic (exact) mass is 308 g/mol. The fourth-order valence-electron chi connectivity index (χ4n) is 2.86. The van der Waals surface area contributed by atoms with E-state index in [9.17, 15) is 4.79 Å². The number of carbonyl (C=O) groups excluding carboxylic acids is 1. The average Bonchev–Trinajstić information content (AvgIpc) is 2.99. The van der Waals surface area contributed by atoms with Gasteiger partial charge < -0.3 is 9.84 Å². The molecule has 124 valence electrons. The van der Waals surface area contributed by atoms with Crippen molar-refractivity contribution in [3.63, 3.8) is 0 Å². The van der Waals surface area contributed by atoms with E-state index in [2.05, 4.69) is 34.2 Å². The van der Waals surface area contributed by atoms with Crippen LogP contribution >= 0.6 is 0 Å². The van der Waals surface area contributed by atoms with Crippen molar-refractivity contribution >= 4 is 5.91 Å². The minimum absolute atomic E-state index is 0.0567. The second-order valence-electron chi connectivity index (χ2n) is 6.24. The number of amides is 1. The third-order valence-corrected chi connectivity index (χ3v) is 4.43. The molecule has 0 radical (unpaired) electrons. The molecule has 1 atom stereocenters. The van der Waals surface area contributed by atoms with Gasteiger partial charge in [-0.3, -0.25) is 9.69 Å². The van der Waals surface area contributed by atoms with Gasteiger partial charge in [-0.15, -0.1) is 0 Å². The summed E-state index contributed by atoms with van der Waals surface area (Å²) in [6.07, 6.45) is 5.33. The lowest BCUT2D eigenvalue weighted by Gasteiger charge is -2.34. The van der Waals surface area contributed by atoms with Gasteiger partial charge >= 0.3 is 0 Å². The molecule has 1 aromatic rings. The van der Waals surface area contributed by atoms with Crippen molar-refractivity contribution in [3.05, 3.63) is 11.7 Å². The zero-order valence-electron chi connectivity index (χ0n) is 14.0. The Bertz CT molecular complexity index is 466. The van der Waals surface area contributed by atoms with Crippen molar-refractivity contribution in [2.45, 2.75) is 58.9 Å². The zero-order chi connectivity index (χ0) is 15.9. The number of hydrogen-bond acceptors (Lipinski definition) is 5. The molecule has 6 nitrogen and oxygen atoms in total. The van der Waals surface area contributed by atoms with Gasteiger partial charge in [-0.2, -0.15) is 4.98 Å². The normalized spacial score (nSPS) is 18.3. The summed E-state index contributed by atoms with van der Waals surface area (Å²) in [4.78, 5) is 17.9. The average molecular weight is 308 g/mol. The van der Waals surface area contributed by atoms with E-state index in [-0.39, 0.29) is 11.9 Å². The highest BCUT2D eigenvalue weighted by Gasteiger charge is 2.26. The Balaban J connectivity index is 1.80. The molecule has 1 amide bonds. The van der Waals surface area contributed by atoms with Gasteiger partial charge in [0.25, 0.3) is 0 Å². The Morgan fingerprint density at radius 1 is 1.45 bits per heavy atom. The summed E-state index contributed by atoms with van der Waals surface area (Å²) in [5, 5.41) is 6.99. The molecule has 0 aliphatic carbocycles. The predicted octanol–water partition coefficient (Wildman–Crippen LogP) is 2.32. The highest BCUT2D eigenvalue weighted by Crippen LogP contribution is 2.25. The van der Waals surface area contributed by atoms with Crippen molar-refractivity contribution in [1.29, 1.82) is 0 Å². The largest absolute Gasteiger partial charge is 0.356 e. The highest BCUT2D eigenvalue weighted by molar-refractivity contribution is 5.72. The van der Waals surface area contributed by atoms with Crippen LogP contribution in [0.4, 0.5) is 0 Å². The van der Waals surface area contributed by atoms with Crippen molar-refractivity contribution in [2.75, 3.05) is 19.6 Å². The maximum absolute atomic E-state index is 11.0.